The molecule has 0 radical (unpaired) electrons. The molecule has 7 nitrogen and oxygen atoms in total. The molecule has 3 rings (SSSR count). The minimum absolute atomic E-state index is 0.169. The summed E-state index contributed by atoms with van der Waals surface area (Å²) in [6.45, 7) is 5.18. The van der Waals surface area contributed by atoms with Gasteiger partial charge < -0.3 is 20.1 Å². The number of carbonyl (C=O) groups excluding carboxylic acids is 3. The number of esters is 2. The zero-order chi connectivity index (χ0) is 21.0. The SMILES string of the molecule is CCC1CCC(NC(=O)c2ccccc2NC=C2C(=O)OC(C)(C)OC2=O)CC1. The number of cyclic esters (lactones) is 2. The molecule has 0 unspecified atom stereocenters. The van der Waals surface area contributed by atoms with Crippen molar-refractivity contribution in [3.05, 3.63) is 41.6 Å². The van der Waals surface area contributed by atoms with E-state index in [1.54, 1.807) is 24.3 Å². The van der Waals surface area contributed by atoms with Crippen molar-refractivity contribution >= 4 is 23.5 Å². The molecule has 1 amide bonds. The first kappa shape index (κ1) is 20.9. The smallest absolute Gasteiger partial charge is 0.350 e. The quantitative estimate of drug-likeness (QED) is 0.446. The largest absolute Gasteiger partial charge is 0.419 e. The molecule has 0 aromatic heterocycles. The third kappa shape index (κ3) is 5.16. The Morgan fingerprint density at radius 1 is 1.10 bits per heavy atom. The fraction of sp³-hybridized carbons (Fsp3) is 0.500. The lowest BCUT2D eigenvalue weighted by atomic mass is 9.84. The van der Waals surface area contributed by atoms with Gasteiger partial charge in [-0.2, -0.15) is 0 Å². The van der Waals surface area contributed by atoms with Gasteiger partial charge in [0.2, 0.25) is 0 Å². The van der Waals surface area contributed by atoms with Crippen molar-refractivity contribution in [1.29, 1.82) is 0 Å². The van der Waals surface area contributed by atoms with Gasteiger partial charge in [-0.25, -0.2) is 9.59 Å². The van der Waals surface area contributed by atoms with E-state index in [4.69, 9.17) is 9.47 Å². The van der Waals surface area contributed by atoms with Crippen LogP contribution >= 0.6 is 0 Å². The van der Waals surface area contributed by atoms with Crippen molar-refractivity contribution in [3.8, 4) is 0 Å². The molecule has 1 aromatic carbocycles. The fourth-order valence-electron chi connectivity index (χ4n) is 3.71. The minimum Gasteiger partial charge on any atom is -0.419 e. The molecule has 1 aliphatic carbocycles. The number of rotatable bonds is 5. The van der Waals surface area contributed by atoms with Crippen LogP contribution in [-0.2, 0) is 19.1 Å². The Kier molecular flexibility index (Phi) is 6.25. The van der Waals surface area contributed by atoms with E-state index in [0.717, 1.165) is 31.6 Å². The first-order chi connectivity index (χ1) is 13.8. The van der Waals surface area contributed by atoms with Gasteiger partial charge in [0, 0.05) is 26.1 Å². The first-order valence-corrected chi connectivity index (χ1v) is 10.1. The average molecular weight is 400 g/mol. The highest BCUT2D eigenvalue weighted by Crippen LogP contribution is 2.27. The maximum atomic E-state index is 12.8. The molecule has 0 atom stereocenters. The molecule has 7 heteroatoms. The van der Waals surface area contributed by atoms with E-state index in [-0.39, 0.29) is 17.5 Å². The Hall–Kier alpha value is -2.83. The van der Waals surface area contributed by atoms with Crippen LogP contribution < -0.4 is 10.6 Å². The van der Waals surface area contributed by atoms with Crippen LogP contribution in [0.4, 0.5) is 5.69 Å². The van der Waals surface area contributed by atoms with Crippen LogP contribution in [0, 0.1) is 5.92 Å². The number of anilines is 1. The van der Waals surface area contributed by atoms with Crippen LogP contribution in [-0.4, -0.2) is 29.7 Å². The van der Waals surface area contributed by atoms with Gasteiger partial charge in [-0.1, -0.05) is 25.5 Å². The van der Waals surface area contributed by atoms with Crippen LogP contribution in [0.1, 0.15) is 63.2 Å². The molecule has 1 saturated carbocycles. The number of para-hydroxylation sites is 1. The van der Waals surface area contributed by atoms with Gasteiger partial charge in [0.05, 0.1) is 11.3 Å². The summed E-state index contributed by atoms with van der Waals surface area (Å²) in [6.07, 6.45) is 6.64. The Bertz CT molecular complexity index is 800. The zero-order valence-electron chi connectivity index (χ0n) is 17.1. The van der Waals surface area contributed by atoms with Crippen LogP contribution in [0.15, 0.2) is 36.0 Å². The molecule has 2 aliphatic rings. The molecular weight excluding hydrogens is 372 g/mol. The Balaban J connectivity index is 1.68. The van der Waals surface area contributed by atoms with Crippen molar-refractivity contribution in [2.45, 2.75) is 64.7 Å². The van der Waals surface area contributed by atoms with Crippen LogP contribution in [0.5, 0.6) is 0 Å². The zero-order valence-corrected chi connectivity index (χ0v) is 17.1. The molecule has 1 aliphatic heterocycles. The Labute approximate surface area is 170 Å². The molecule has 1 heterocycles. The third-order valence-corrected chi connectivity index (χ3v) is 5.42. The average Bonchev–Trinajstić information content (AvgIpc) is 2.67. The maximum absolute atomic E-state index is 12.8. The molecule has 29 heavy (non-hydrogen) atoms. The van der Waals surface area contributed by atoms with Gasteiger partial charge >= 0.3 is 11.9 Å². The number of hydrogen-bond acceptors (Lipinski definition) is 6. The second-order valence-corrected chi connectivity index (χ2v) is 8.03. The predicted octanol–water partition coefficient (Wildman–Crippen LogP) is 3.52. The molecule has 2 N–H and O–H groups in total. The summed E-state index contributed by atoms with van der Waals surface area (Å²) in [7, 11) is 0. The number of benzene rings is 1. The van der Waals surface area contributed by atoms with Gasteiger partial charge in [-0.05, 0) is 43.7 Å². The molecule has 0 spiro atoms. The molecule has 0 bridgehead atoms. The fourth-order valence-corrected chi connectivity index (χ4v) is 3.71. The normalized spacial score (nSPS) is 23.6. The molecule has 156 valence electrons. The highest BCUT2D eigenvalue weighted by atomic mass is 16.7. The maximum Gasteiger partial charge on any atom is 0.350 e. The summed E-state index contributed by atoms with van der Waals surface area (Å²) in [5, 5.41) is 5.98. The second-order valence-electron chi connectivity index (χ2n) is 8.03. The summed E-state index contributed by atoms with van der Waals surface area (Å²) in [5.74, 6) is -2.26. The summed E-state index contributed by atoms with van der Waals surface area (Å²) < 4.78 is 10.1. The van der Waals surface area contributed by atoms with Crippen LogP contribution in [0.2, 0.25) is 0 Å². The van der Waals surface area contributed by atoms with Crippen LogP contribution in [0.3, 0.4) is 0 Å². The standard InChI is InChI=1S/C22H28N2O5/c1-4-14-9-11-15(12-10-14)24-19(25)16-7-5-6-8-18(16)23-13-17-20(26)28-22(2,3)29-21(17)27/h5-8,13-15,23H,4,9-12H2,1-3H3,(H,24,25). The van der Waals surface area contributed by atoms with Crippen molar-refractivity contribution in [2.75, 3.05) is 5.32 Å². The van der Waals surface area contributed by atoms with E-state index in [1.807, 2.05) is 0 Å². The van der Waals surface area contributed by atoms with E-state index in [9.17, 15) is 14.4 Å². The minimum atomic E-state index is -1.29. The lowest BCUT2D eigenvalue weighted by Gasteiger charge is -2.29. The summed E-state index contributed by atoms with van der Waals surface area (Å²) in [4.78, 5) is 36.9. The molecular formula is C22H28N2O5. The topological polar surface area (TPSA) is 93.7 Å². The lowest BCUT2D eigenvalue weighted by molar-refractivity contribution is -0.222. The molecule has 1 saturated heterocycles. The number of hydrogen-bond donors (Lipinski definition) is 2. The molecule has 2 fully saturated rings. The second kappa shape index (κ2) is 8.68. The highest BCUT2D eigenvalue weighted by Gasteiger charge is 2.39. The van der Waals surface area contributed by atoms with Gasteiger partial charge in [0.15, 0.2) is 5.57 Å². The number of amides is 1. The Morgan fingerprint density at radius 3 is 2.34 bits per heavy atom. The number of carbonyl (C=O) groups is 3. The summed E-state index contributed by atoms with van der Waals surface area (Å²) in [6, 6.07) is 7.12. The van der Waals surface area contributed by atoms with Gasteiger partial charge in [0.25, 0.3) is 11.7 Å². The van der Waals surface area contributed by atoms with Crippen LogP contribution in [0.25, 0.3) is 0 Å². The van der Waals surface area contributed by atoms with Gasteiger partial charge in [-0.15, -0.1) is 0 Å². The van der Waals surface area contributed by atoms with Crippen molar-refractivity contribution in [2.24, 2.45) is 5.92 Å². The highest BCUT2D eigenvalue weighted by molar-refractivity contribution is 6.15. The number of ether oxygens (including phenoxy) is 2. The van der Waals surface area contributed by atoms with E-state index in [2.05, 4.69) is 17.6 Å². The summed E-state index contributed by atoms with van der Waals surface area (Å²) >= 11 is 0. The Morgan fingerprint density at radius 2 is 1.72 bits per heavy atom. The van der Waals surface area contributed by atoms with E-state index < -0.39 is 17.7 Å². The first-order valence-electron chi connectivity index (χ1n) is 10.1. The van der Waals surface area contributed by atoms with Gasteiger partial charge in [0.1, 0.15) is 0 Å². The van der Waals surface area contributed by atoms with Crippen molar-refractivity contribution in [3.63, 3.8) is 0 Å². The van der Waals surface area contributed by atoms with E-state index >= 15 is 0 Å². The molecule has 1 aromatic rings. The third-order valence-electron chi connectivity index (χ3n) is 5.42. The van der Waals surface area contributed by atoms with E-state index in [0.29, 0.717) is 11.3 Å². The van der Waals surface area contributed by atoms with E-state index in [1.165, 1.54) is 26.5 Å². The number of nitrogens with one attached hydrogen (secondary N) is 2. The van der Waals surface area contributed by atoms with Crippen molar-refractivity contribution < 1.29 is 23.9 Å². The predicted molar refractivity (Wildman–Crippen MR) is 108 cm³/mol. The monoisotopic (exact) mass is 400 g/mol. The van der Waals surface area contributed by atoms with Gasteiger partial charge in [-0.3, -0.25) is 4.79 Å². The summed E-state index contributed by atoms with van der Waals surface area (Å²) in [5.41, 5.74) is 0.683. The van der Waals surface area contributed by atoms with Crippen molar-refractivity contribution in [1.82, 2.24) is 5.32 Å². The lowest BCUT2D eigenvalue weighted by Crippen LogP contribution is -2.42.